The molecule has 98 valence electrons. The third-order valence-electron chi connectivity index (χ3n) is 2.31. The zero-order chi connectivity index (χ0) is 13.8. The molecule has 0 saturated carbocycles. The highest BCUT2D eigenvalue weighted by Gasteiger charge is 2.10. The molecule has 0 fully saturated rings. The Bertz CT molecular complexity index is 624. The highest BCUT2D eigenvalue weighted by Crippen LogP contribution is 2.10. The fourth-order valence-corrected chi connectivity index (χ4v) is 2.14. The van der Waals surface area contributed by atoms with Crippen LogP contribution >= 0.6 is 11.3 Å². The number of pyridine rings is 1. The van der Waals surface area contributed by atoms with Crippen LogP contribution in [-0.2, 0) is 6.54 Å². The quantitative estimate of drug-likeness (QED) is 0.883. The molecule has 0 atom stereocenters. The number of aryl methyl sites for hydroxylation is 1. The van der Waals surface area contributed by atoms with Gasteiger partial charge in [0, 0.05) is 17.8 Å². The van der Waals surface area contributed by atoms with E-state index in [4.69, 9.17) is 5.11 Å². The molecule has 1 amide bonds. The van der Waals surface area contributed by atoms with Crippen LogP contribution in [0.1, 0.15) is 31.4 Å². The van der Waals surface area contributed by atoms with E-state index in [-0.39, 0.29) is 18.1 Å². The van der Waals surface area contributed by atoms with Gasteiger partial charge in [-0.1, -0.05) is 0 Å². The van der Waals surface area contributed by atoms with Crippen LogP contribution in [0.5, 0.6) is 0 Å². The van der Waals surface area contributed by atoms with Crippen LogP contribution < -0.4 is 5.32 Å². The lowest BCUT2D eigenvalue weighted by atomic mass is 10.2. The zero-order valence-corrected chi connectivity index (χ0v) is 10.9. The van der Waals surface area contributed by atoms with E-state index < -0.39 is 5.97 Å². The fourth-order valence-electron chi connectivity index (χ4n) is 1.43. The number of carbonyl (C=O) groups excluding carboxylic acids is 1. The van der Waals surface area contributed by atoms with E-state index in [1.54, 1.807) is 12.3 Å². The maximum Gasteiger partial charge on any atom is 0.355 e. The number of hydrogen-bond acceptors (Lipinski definition) is 5. The van der Waals surface area contributed by atoms with Gasteiger partial charge in [-0.25, -0.2) is 9.78 Å². The maximum absolute atomic E-state index is 11.8. The summed E-state index contributed by atoms with van der Waals surface area (Å²) in [5.41, 5.74) is 1.36. The fraction of sp³-hybridized carbons (Fsp3) is 0.167. The highest BCUT2D eigenvalue weighted by molar-refractivity contribution is 7.09. The number of nitrogens with one attached hydrogen (secondary N) is 1. The third kappa shape index (κ3) is 3.35. The van der Waals surface area contributed by atoms with Crippen molar-refractivity contribution in [2.45, 2.75) is 13.5 Å². The summed E-state index contributed by atoms with van der Waals surface area (Å²) in [7, 11) is 0. The first kappa shape index (κ1) is 13.2. The molecule has 2 rings (SSSR count). The Hall–Kier alpha value is -2.28. The second-order valence-electron chi connectivity index (χ2n) is 3.87. The SMILES string of the molecule is Cc1cncc(C(=O)NCc2nc(C(=O)O)cs2)c1. The van der Waals surface area contributed by atoms with Gasteiger partial charge in [-0.15, -0.1) is 11.3 Å². The van der Waals surface area contributed by atoms with Gasteiger partial charge in [0.25, 0.3) is 5.91 Å². The molecule has 2 aromatic heterocycles. The predicted octanol–water partition coefficient (Wildman–Crippen LogP) is 1.47. The molecule has 0 aliphatic carbocycles. The van der Waals surface area contributed by atoms with Crippen LogP contribution in [0.3, 0.4) is 0 Å². The van der Waals surface area contributed by atoms with Gasteiger partial charge in [-0.2, -0.15) is 0 Å². The van der Waals surface area contributed by atoms with E-state index in [0.717, 1.165) is 5.56 Å². The Morgan fingerprint density at radius 1 is 1.42 bits per heavy atom. The number of rotatable bonds is 4. The van der Waals surface area contributed by atoms with Crippen molar-refractivity contribution in [3.63, 3.8) is 0 Å². The number of nitrogens with zero attached hydrogens (tertiary/aromatic N) is 2. The average molecular weight is 277 g/mol. The normalized spacial score (nSPS) is 10.2. The molecule has 2 aromatic rings. The van der Waals surface area contributed by atoms with Gasteiger partial charge >= 0.3 is 5.97 Å². The summed E-state index contributed by atoms with van der Waals surface area (Å²) in [6.45, 7) is 2.05. The lowest BCUT2D eigenvalue weighted by molar-refractivity contribution is 0.0691. The van der Waals surface area contributed by atoms with Crippen LogP contribution in [0.25, 0.3) is 0 Å². The molecule has 2 heterocycles. The summed E-state index contributed by atoms with van der Waals surface area (Å²) in [6, 6.07) is 1.73. The first-order valence-electron chi connectivity index (χ1n) is 5.44. The van der Waals surface area contributed by atoms with Gasteiger partial charge in [0.15, 0.2) is 5.69 Å². The van der Waals surface area contributed by atoms with Gasteiger partial charge in [0.05, 0.1) is 12.1 Å². The van der Waals surface area contributed by atoms with E-state index >= 15 is 0 Å². The van der Waals surface area contributed by atoms with Gasteiger partial charge in [-0.3, -0.25) is 9.78 Å². The van der Waals surface area contributed by atoms with Crippen molar-refractivity contribution >= 4 is 23.2 Å². The molecule has 0 bridgehead atoms. The van der Waals surface area contributed by atoms with Crippen molar-refractivity contribution < 1.29 is 14.7 Å². The van der Waals surface area contributed by atoms with E-state index in [0.29, 0.717) is 10.6 Å². The number of aromatic carboxylic acids is 1. The van der Waals surface area contributed by atoms with E-state index in [9.17, 15) is 9.59 Å². The Labute approximate surface area is 113 Å². The molecule has 0 aromatic carbocycles. The number of thiazole rings is 1. The summed E-state index contributed by atoms with van der Waals surface area (Å²) in [5.74, 6) is -1.33. The third-order valence-corrected chi connectivity index (χ3v) is 3.16. The van der Waals surface area contributed by atoms with Crippen LogP contribution in [0.15, 0.2) is 23.8 Å². The second kappa shape index (κ2) is 5.57. The van der Waals surface area contributed by atoms with Crippen molar-refractivity contribution in [2.24, 2.45) is 0 Å². The number of hydrogen-bond donors (Lipinski definition) is 2. The van der Waals surface area contributed by atoms with E-state index in [1.807, 2.05) is 6.92 Å². The zero-order valence-electron chi connectivity index (χ0n) is 10.1. The van der Waals surface area contributed by atoms with Crippen molar-refractivity contribution in [3.05, 3.63) is 45.7 Å². The minimum atomic E-state index is -1.07. The van der Waals surface area contributed by atoms with Gasteiger partial charge in [0.2, 0.25) is 0 Å². The number of amides is 1. The molecule has 0 unspecified atom stereocenters. The predicted molar refractivity (Wildman–Crippen MR) is 69.2 cm³/mol. The number of aromatic nitrogens is 2. The summed E-state index contributed by atoms with van der Waals surface area (Å²) >= 11 is 1.20. The van der Waals surface area contributed by atoms with Gasteiger partial charge in [0.1, 0.15) is 5.01 Å². The van der Waals surface area contributed by atoms with Crippen molar-refractivity contribution in [3.8, 4) is 0 Å². The maximum atomic E-state index is 11.8. The first-order chi connectivity index (χ1) is 9.06. The van der Waals surface area contributed by atoms with Crippen LogP contribution in [0.2, 0.25) is 0 Å². The molecule has 0 radical (unpaired) electrons. The molecule has 0 spiro atoms. The number of carboxylic acid groups (broad SMARTS) is 1. The summed E-state index contributed by atoms with van der Waals surface area (Å²) in [5, 5.41) is 13.4. The standard InChI is InChI=1S/C12H11N3O3S/c1-7-2-8(4-13-3-7)11(16)14-5-10-15-9(6-19-10)12(17)18/h2-4,6H,5H2,1H3,(H,14,16)(H,17,18). The Morgan fingerprint density at radius 3 is 2.84 bits per heavy atom. The molecular formula is C12H11N3O3S. The van der Waals surface area contributed by atoms with E-state index in [2.05, 4.69) is 15.3 Å². The van der Waals surface area contributed by atoms with Crippen LogP contribution in [0.4, 0.5) is 0 Å². The monoisotopic (exact) mass is 277 g/mol. The number of carbonyl (C=O) groups is 2. The topological polar surface area (TPSA) is 92.2 Å². The molecule has 6 nitrogen and oxygen atoms in total. The molecule has 0 aliphatic heterocycles. The molecule has 7 heteroatoms. The van der Waals surface area contributed by atoms with Crippen molar-refractivity contribution in [2.75, 3.05) is 0 Å². The first-order valence-corrected chi connectivity index (χ1v) is 6.32. The van der Waals surface area contributed by atoms with Gasteiger partial charge < -0.3 is 10.4 Å². The lowest BCUT2D eigenvalue weighted by Crippen LogP contribution is -2.23. The minimum absolute atomic E-state index is 0.00790. The summed E-state index contributed by atoms with van der Waals surface area (Å²) in [6.07, 6.45) is 3.14. The second-order valence-corrected chi connectivity index (χ2v) is 4.81. The largest absolute Gasteiger partial charge is 0.476 e. The molecule has 0 aliphatic rings. The van der Waals surface area contributed by atoms with Crippen molar-refractivity contribution in [1.29, 1.82) is 0 Å². The Morgan fingerprint density at radius 2 is 2.21 bits per heavy atom. The Balaban J connectivity index is 1.98. The molecule has 19 heavy (non-hydrogen) atoms. The number of carboxylic acids is 1. The smallest absolute Gasteiger partial charge is 0.355 e. The molecule has 2 N–H and O–H groups in total. The summed E-state index contributed by atoms with van der Waals surface area (Å²) in [4.78, 5) is 30.3. The van der Waals surface area contributed by atoms with Gasteiger partial charge in [-0.05, 0) is 18.6 Å². The molecular weight excluding hydrogens is 266 g/mol. The lowest BCUT2D eigenvalue weighted by Gasteiger charge is -2.03. The molecule has 0 saturated heterocycles. The Kier molecular flexibility index (Phi) is 3.86. The average Bonchev–Trinajstić information content (AvgIpc) is 2.85. The van der Waals surface area contributed by atoms with Crippen LogP contribution in [0, 0.1) is 6.92 Å². The van der Waals surface area contributed by atoms with E-state index in [1.165, 1.54) is 22.9 Å². The highest BCUT2D eigenvalue weighted by atomic mass is 32.1. The summed E-state index contributed by atoms with van der Waals surface area (Å²) < 4.78 is 0. The minimum Gasteiger partial charge on any atom is -0.476 e. The van der Waals surface area contributed by atoms with Crippen LogP contribution in [-0.4, -0.2) is 27.0 Å². The van der Waals surface area contributed by atoms with Crippen molar-refractivity contribution in [1.82, 2.24) is 15.3 Å².